The third-order valence-corrected chi connectivity index (χ3v) is 2.82. The van der Waals surface area contributed by atoms with Gasteiger partial charge in [-0.15, -0.1) is 0 Å². The highest BCUT2D eigenvalue weighted by molar-refractivity contribution is 5.39. The maximum absolute atomic E-state index is 9.31. The number of aryl methyl sites for hydroxylation is 1. The second-order valence-corrected chi connectivity index (χ2v) is 4.88. The first-order valence-electron chi connectivity index (χ1n) is 6.69. The van der Waals surface area contributed by atoms with Crippen LogP contribution in [0.1, 0.15) is 44.4 Å². The third-order valence-electron chi connectivity index (χ3n) is 2.82. The molecule has 0 spiro atoms. The average molecular weight is 251 g/mol. The van der Waals surface area contributed by atoms with Crippen LogP contribution in [0, 0.1) is 6.92 Å². The van der Waals surface area contributed by atoms with E-state index in [1.165, 1.54) is 5.56 Å². The number of aliphatic hydroxyl groups excluding tert-OH is 1. The molecule has 2 atom stereocenters. The van der Waals surface area contributed by atoms with Gasteiger partial charge in [0.2, 0.25) is 0 Å². The van der Waals surface area contributed by atoms with Gasteiger partial charge in [0.1, 0.15) is 12.4 Å². The molecule has 1 aromatic rings. The van der Waals surface area contributed by atoms with Crippen LogP contribution in [0.3, 0.4) is 0 Å². The molecule has 0 aromatic heterocycles. The fourth-order valence-corrected chi connectivity index (χ4v) is 1.81. The third kappa shape index (κ3) is 4.67. The topological polar surface area (TPSA) is 41.5 Å². The van der Waals surface area contributed by atoms with Gasteiger partial charge in [0.25, 0.3) is 0 Å². The monoisotopic (exact) mass is 251 g/mol. The lowest BCUT2D eigenvalue weighted by molar-refractivity contribution is 0.121. The molecule has 1 aromatic carbocycles. The van der Waals surface area contributed by atoms with E-state index >= 15 is 0 Å². The van der Waals surface area contributed by atoms with Crippen LogP contribution in [0.25, 0.3) is 0 Å². The number of ether oxygens (including phenoxy) is 1. The van der Waals surface area contributed by atoms with Crippen LogP contribution in [0.2, 0.25) is 0 Å². The zero-order valence-electron chi connectivity index (χ0n) is 11.9. The van der Waals surface area contributed by atoms with Gasteiger partial charge in [-0.25, -0.2) is 0 Å². The summed E-state index contributed by atoms with van der Waals surface area (Å²) >= 11 is 0. The zero-order valence-corrected chi connectivity index (χ0v) is 11.9. The largest absolute Gasteiger partial charge is 0.491 e. The molecule has 0 radical (unpaired) electrons. The minimum atomic E-state index is -0.447. The molecule has 102 valence electrons. The van der Waals surface area contributed by atoms with Crippen LogP contribution in [0.15, 0.2) is 18.2 Å². The Morgan fingerprint density at radius 3 is 2.67 bits per heavy atom. The van der Waals surface area contributed by atoms with Crippen molar-refractivity contribution >= 4 is 0 Å². The molecule has 0 saturated carbocycles. The summed E-state index contributed by atoms with van der Waals surface area (Å²) in [5, 5.41) is 12.8. The second kappa shape index (κ2) is 7.39. The van der Waals surface area contributed by atoms with Crippen molar-refractivity contribution in [2.75, 3.05) is 13.2 Å². The first kappa shape index (κ1) is 15.0. The Morgan fingerprint density at radius 1 is 1.33 bits per heavy atom. The first-order chi connectivity index (χ1) is 8.54. The fraction of sp³-hybridized carbons (Fsp3) is 0.600. The van der Waals surface area contributed by atoms with Crippen molar-refractivity contribution in [2.45, 2.75) is 46.3 Å². The molecule has 2 N–H and O–H groups in total. The van der Waals surface area contributed by atoms with Crippen LogP contribution < -0.4 is 10.1 Å². The average Bonchev–Trinajstić information content (AvgIpc) is 2.33. The van der Waals surface area contributed by atoms with Gasteiger partial charge < -0.3 is 15.2 Å². The summed E-state index contributed by atoms with van der Waals surface area (Å²) in [6.07, 6.45) is 0.664. The molecule has 1 rings (SSSR count). The molecule has 0 bridgehead atoms. The number of rotatable bonds is 7. The summed E-state index contributed by atoms with van der Waals surface area (Å²) in [5.74, 6) is 0.868. The highest BCUT2D eigenvalue weighted by Gasteiger charge is 2.12. The minimum Gasteiger partial charge on any atom is -0.491 e. The van der Waals surface area contributed by atoms with E-state index in [2.05, 4.69) is 31.3 Å². The van der Waals surface area contributed by atoms with Crippen LogP contribution in [-0.4, -0.2) is 24.4 Å². The molecule has 0 aliphatic heterocycles. The summed E-state index contributed by atoms with van der Waals surface area (Å²) in [6.45, 7) is 9.38. The van der Waals surface area contributed by atoms with Crippen LogP contribution in [0.4, 0.5) is 0 Å². The molecule has 3 heteroatoms. The summed E-state index contributed by atoms with van der Waals surface area (Å²) in [5.41, 5.74) is 2.32. The molecular formula is C15H25NO2. The van der Waals surface area contributed by atoms with Gasteiger partial charge in [-0.05, 0) is 45.4 Å². The summed E-state index contributed by atoms with van der Waals surface area (Å²) < 4.78 is 5.69. The van der Waals surface area contributed by atoms with Gasteiger partial charge in [0.15, 0.2) is 0 Å². The molecule has 0 saturated heterocycles. The quantitative estimate of drug-likeness (QED) is 0.783. The number of hydrogen-bond donors (Lipinski definition) is 2. The normalized spacial score (nSPS) is 14.3. The van der Waals surface area contributed by atoms with Gasteiger partial charge in [0, 0.05) is 11.6 Å². The van der Waals surface area contributed by atoms with Crippen molar-refractivity contribution in [3.63, 3.8) is 0 Å². The van der Waals surface area contributed by atoms with Gasteiger partial charge in [-0.2, -0.15) is 0 Å². The second-order valence-electron chi connectivity index (χ2n) is 4.88. The van der Waals surface area contributed by atoms with Gasteiger partial charge in [-0.3, -0.25) is 0 Å². The molecule has 18 heavy (non-hydrogen) atoms. The Bertz CT molecular complexity index is 364. The van der Waals surface area contributed by atoms with E-state index < -0.39 is 6.10 Å². The number of aliphatic hydroxyl groups is 1. The number of benzene rings is 1. The lowest BCUT2D eigenvalue weighted by atomic mass is 10.0. The van der Waals surface area contributed by atoms with Crippen LogP contribution in [-0.2, 0) is 0 Å². The Morgan fingerprint density at radius 2 is 2.06 bits per heavy atom. The first-order valence-corrected chi connectivity index (χ1v) is 6.69. The predicted octanol–water partition coefficient (Wildman–Crippen LogP) is 2.82. The van der Waals surface area contributed by atoms with Crippen molar-refractivity contribution in [2.24, 2.45) is 0 Å². The fourth-order valence-electron chi connectivity index (χ4n) is 1.81. The standard InChI is InChI=1S/C15H25NO2/c1-5-8-16-13(4)14-7-6-11(2)9-15(14)18-10-12(3)17/h6-7,9,12-13,16-17H,5,8,10H2,1-4H3. The highest BCUT2D eigenvalue weighted by Crippen LogP contribution is 2.26. The Balaban J connectivity index is 2.81. The summed E-state index contributed by atoms with van der Waals surface area (Å²) in [7, 11) is 0. The van der Waals surface area contributed by atoms with Crippen molar-refractivity contribution in [1.82, 2.24) is 5.32 Å². The Kier molecular flexibility index (Phi) is 6.16. The predicted molar refractivity (Wildman–Crippen MR) is 75.1 cm³/mol. The Labute approximate surface area is 110 Å². The lowest BCUT2D eigenvalue weighted by Crippen LogP contribution is -2.21. The molecule has 0 fully saturated rings. The number of hydrogen-bond acceptors (Lipinski definition) is 3. The van der Waals surface area contributed by atoms with Gasteiger partial charge in [-0.1, -0.05) is 19.1 Å². The maximum Gasteiger partial charge on any atom is 0.124 e. The van der Waals surface area contributed by atoms with Crippen LogP contribution >= 0.6 is 0 Å². The van der Waals surface area contributed by atoms with Gasteiger partial charge >= 0.3 is 0 Å². The highest BCUT2D eigenvalue weighted by atomic mass is 16.5. The smallest absolute Gasteiger partial charge is 0.124 e. The van der Waals surface area contributed by atoms with Crippen molar-refractivity contribution in [3.8, 4) is 5.75 Å². The molecule has 0 amide bonds. The van der Waals surface area contributed by atoms with E-state index in [-0.39, 0.29) is 6.04 Å². The Hall–Kier alpha value is -1.06. The van der Waals surface area contributed by atoms with Crippen molar-refractivity contribution in [1.29, 1.82) is 0 Å². The van der Waals surface area contributed by atoms with E-state index in [1.807, 2.05) is 13.0 Å². The minimum absolute atomic E-state index is 0.259. The zero-order chi connectivity index (χ0) is 13.5. The number of nitrogens with one attached hydrogen (secondary N) is 1. The molecule has 2 unspecified atom stereocenters. The lowest BCUT2D eigenvalue weighted by Gasteiger charge is -2.19. The maximum atomic E-state index is 9.31. The van der Waals surface area contributed by atoms with E-state index in [4.69, 9.17) is 4.74 Å². The molecule has 0 heterocycles. The van der Waals surface area contributed by atoms with Gasteiger partial charge in [0.05, 0.1) is 6.10 Å². The van der Waals surface area contributed by atoms with E-state index in [1.54, 1.807) is 6.92 Å². The summed E-state index contributed by atoms with van der Waals surface area (Å²) in [6, 6.07) is 6.48. The van der Waals surface area contributed by atoms with E-state index in [0.29, 0.717) is 6.61 Å². The summed E-state index contributed by atoms with van der Waals surface area (Å²) in [4.78, 5) is 0. The van der Waals surface area contributed by atoms with Crippen molar-refractivity contribution in [3.05, 3.63) is 29.3 Å². The molecule has 0 aliphatic rings. The molecular weight excluding hydrogens is 226 g/mol. The van der Waals surface area contributed by atoms with E-state index in [0.717, 1.165) is 24.3 Å². The SMILES string of the molecule is CCCNC(C)c1ccc(C)cc1OCC(C)O. The van der Waals surface area contributed by atoms with E-state index in [9.17, 15) is 5.11 Å². The van der Waals surface area contributed by atoms with Crippen LogP contribution in [0.5, 0.6) is 5.75 Å². The van der Waals surface area contributed by atoms with Crippen molar-refractivity contribution < 1.29 is 9.84 Å². The molecule has 3 nitrogen and oxygen atoms in total. The molecule has 0 aliphatic carbocycles.